The Morgan fingerprint density at radius 1 is 0.943 bits per heavy atom. The lowest BCUT2D eigenvalue weighted by atomic mass is 9.44. The second-order valence-corrected chi connectivity index (χ2v) is 13.8. The predicted molar refractivity (Wildman–Crippen MR) is 140 cm³/mol. The van der Waals surface area contributed by atoms with Crippen molar-refractivity contribution in [2.45, 2.75) is 97.5 Å². The molecule has 0 aromatic heterocycles. The van der Waals surface area contributed by atoms with Crippen LogP contribution in [0.4, 0.5) is 0 Å². The van der Waals surface area contributed by atoms with Gasteiger partial charge in [-0.15, -0.1) is 0 Å². The first-order valence-electron chi connectivity index (χ1n) is 15.1. The standard InChI is InChI=1S/C30H52N2O3/c1-21(4-9-28(35)32-16-14-31(15-17-32)18-19-33)25-7-8-26-24-6-5-22-20-23(34)10-12-29(22,2)27(24)11-13-30(25,26)3/h21-27,33-34H,4-20H2,1-3H3/t21?,22?,23-,24?,25-,26?,27?,29+,30-/m1/s1. The van der Waals surface area contributed by atoms with Gasteiger partial charge in [-0.3, -0.25) is 9.69 Å². The Morgan fingerprint density at radius 3 is 2.40 bits per heavy atom. The number of amides is 1. The maximum absolute atomic E-state index is 13.0. The SMILES string of the molecule is CC(CCC(=O)N1CCN(CCO)CC1)[C@H]1CCC2C3CCC4C[C@H](O)CC[C@]4(C)C3CC[C@@]21C. The van der Waals surface area contributed by atoms with E-state index < -0.39 is 0 Å². The Morgan fingerprint density at radius 2 is 1.66 bits per heavy atom. The molecule has 200 valence electrons. The van der Waals surface area contributed by atoms with Crippen molar-refractivity contribution >= 4 is 5.91 Å². The second kappa shape index (κ2) is 10.3. The molecule has 5 rings (SSSR count). The van der Waals surface area contributed by atoms with Crippen LogP contribution in [0.1, 0.15) is 91.4 Å². The van der Waals surface area contributed by atoms with Gasteiger partial charge in [0.2, 0.25) is 5.91 Å². The third-order valence-electron chi connectivity index (χ3n) is 12.4. The van der Waals surface area contributed by atoms with Crippen LogP contribution in [0.25, 0.3) is 0 Å². The highest BCUT2D eigenvalue weighted by Crippen LogP contribution is 2.68. The summed E-state index contributed by atoms with van der Waals surface area (Å²) in [4.78, 5) is 17.3. The molecule has 5 nitrogen and oxygen atoms in total. The van der Waals surface area contributed by atoms with Crippen LogP contribution in [0, 0.1) is 46.3 Å². The zero-order valence-electron chi connectivity index (χ0n) is 22.8. The van der Waals surface area contributed by atoms with Gasteiger partial charge in [0.25, 0.3) is 0 Å². The molecule has 0 aromatic rings. The number of hydrogen-bond acceptors (Lipinski definition) is 4. The van der Waals surface area contributed by atoms with Gasteiger partial charge in [0.15, 0.2) is 0 Å². The predicted octanol–water partition coefficient (Wildman–Crippen LogP) is 4.56. The van der Waals surface area contributed by atoms with E-state index in [4.69, 9.17) is 5.11 Å². The van der Waals surface area contributed by atoms with Crippen LogP contribution in [0.5, 0.6) is 0 Å². The zero-order chi connectivity index (χ0) is 24.8. The van der Waals surface area contributed by atoms with E-state index in [-0.39, 0.29) is 12.7 Å². The largest absolute Gasteiger partial charge is 0.395 e. The van der Waals surface area contributed by atoms with Crippen LogP contribution < -0.4 is 0 Å². The molecule has 4 saturated carbocycles. The van der Waals surface area contributed by atoms with E-state index in [1.807, 2.05) is 0 Å². The van der Waals surface area contributed by atoms with E-state index in [1.165, 1.54) is 44.9 Å². The first-order valence-corrected chi connectivity index (χ1v) is 15.1. The average Bonchev–Trinajstić information content (AvgIpc) is 3.21. The highest BCUT2D eigenvalue weighted by atomic mass is 16.3. The smallest absolute Gasteiger partial charge is 0.222 e. The Balaban J connectivity index is 1.17. The number of fused-ring (bicyclic) bond motifs is 5. The van der Waals surface area contributed by atoms with Gasteiger partial charge in [0.1, 0.15) is 0 Å². The maximum atomic E-state index is 13.0. The average molecular weight is 489 g/mol. The summed E-state index contributed by atoms with van der Waals surface area (Å²) < 4.78 is 0. The molecule has 1 amide bonds. The third-order valence-corrected chi connectivity index (χ3v) is 12.4. The summed E-state index contributed by atoms with van der Waals surface area (Å²) in [5.41, 5.74) is 0.914. The lowest BCUT2D eigenvalue weighted by Crippen LogP contribution is -2.54. The lowest BCUT2D eigenvalue weighted by molar-refractivity contribution is -0.134. The van der Waals surface area contributed by atoms with E-state index in [1.54, 1.807) is 0 Å². The number of aliphatic hydroxyl groups is 2. The first kappa shape index (κ1) is 26.0. The quantitative estimate of drug-likeness (QED) is 0.575. The van der Waals surface area contributed by atoms with Crippen LogP contribution in [0.15, 0.2) is 0 Å². The van der Waals surface area contributed by atoms with Crippen molar-refractivity contribution in [1.82, 2.24) is 9.80 Å². The molecule has 1 saturated heterocycles. The van der Waals surface area contributed by atoms with Gasteiger partial charge in [0.05, 0.1) is 12.7 Å². The monoisotopic (exact) mass is 488 g/mol. The molecule has 0 bridgehead atoms. The van der Waals surface area contributed by atoms with E-state index >= 15 is 0 Å². The molecule has 1 heterocycles. The van der Waals surface area contributed by atoms with Gasteiger partial charge in [-0.2, -0.15) is 0 Å². The molecule has 5 aliphatic rings. The Labute approximate surface area is 214 Å². The molecule has 0 radical (unpaired) electrons. The number of carbonyl (C=O) groups excluding carboxylic acids is 1. The fourth-order valence-electron chi connectivity index (χ4n) is 10.3. The van der Waals surface area contributed by atoms with Gasteiger partial charge in [-0.25, -0.2) is 0 Å². The summed E-state index contributed by atoms with van der Waals surface area (Å²) in [6, 6.07) is 0. The number of carbonyl (C=O) groups is 1. The second-order valence-electron chi connectivity index (χ2n) is 13.8. The molecule has 5 fully saturated rings. The highest BCUT2D eigenvalue weighted by molar-refractivity contribution is 5.76. The number of β-amino-alcohol motifs (C(OH)–C–C–N with tert-alkyl or cyclic N) is 1. The van der Waals surface area contributed by atoms with Crippen LogP contribution in [-0.2, 0) is 4.79 Å². The number of nitrogens with zero attached hydrogens (tertiary/aromatic N) is 2. The molecule has 1 aliphatic heterocycles. The maximum Gasteiger partial charge on any atom is 0.222 e. The van der Waals surface area contributed by atoms with Crippen molar-refractivity contribution in [1.29, 1.82) is 0 Å². The normalized spacial score (nSPS) is 44.9. The number of aliphatic hydroxyl groups excluding tert-OH is 2. The minimum atomic E-state index is -0.0534. The molecule has 4 aliphatic carbocycles. The van der Waals surface area contributed by atoms with Gasteiger partial charge in [0, 0.05) is 39.1 Å². The van der Waals surface area contributed by atoms with Gasteiger partial charge in [-0.1, -0.05) is 20.8 Å². The number of rotatable bonds is 6. The van der Waals surface area contributed by atoms with Gasteiger partial charge < -0.3 is 15.1 Å². The summed E-state index contributed by atoms with van der Waals surface area (Å²) in [6.07, 6.45) is 13.2. The summed E-state index contributed by atoms with van der Waals surface area (Å²) >= 11 is 0. The summed E-state index contributed by atoms with van der Waals surface area (Å²) in [7, 11) is 0. The zero-order valence-corrected chi connectivity index (χ0v) is 22.8. The summed E-state index contributed by atoms with van der Waals surface area (Å²) in [5, 5.41) is 19.5. The van der Waals surface area contributed by atoms with Gasteiger partial charge in [-0.05, 0) is 111 Å². The molecule has 35 heavy (non-hydrogen) atoms. The fourth-order valence-corrected chi connectivity index (χ4v) is 10.3. The van der Waals surface area contributed by atoms with Crippen molar-refractivity contribution in [3.05, 3.63) is 0 Å². The van der Waals surface area contributed by atoms with E-state index in [0.29, 0.717) is 29.1 Å². The lowest BCUT2D eigenvalue weighted by Gasteiger charge is -2.61. The number of piperazine rings is 1. The van der Waals surface area contributed by atoms with Crippen molar-refractivity contribution in [3.8, 4) is 0 Å². The highest BCUT2D eigenvalue weighted by Gasteiger charge is 2.60. The Kier molecular flexibility index (Phi) is 7.61. The van der Waals surface area contributed by atoms with E-state index in [2.05, 4.69) is 30.6 Å². The minimum absolute atomic E-state index is 0.0534. The minimum Gasteiger partial charge on any atom is -0.395 e. The molecular formula is C30H52N2O3. The topological polar surface area (TPSA) is 64.0 Å². The molecule has 5 heteroatoms. The van der Waals surface area contributed by atoms with Crippen LogP contribution in [-0.4, -0.2) is 71.4 Å². The number of hydrogen-bond donors (Lipinski definition) is 2. The third kappa shape index (κ3) is 4.72. The molecule has 2 N–H and O–H groups in total. The van der Waals surface area contributed by atoms with E-state index in [9.17, 15) is 9.90 Å². The van der Waals surface area contributed by atoms with Gasteiger partial charge >= 0.3 is 0 Å². The van der Waals surface area contributed by atoms with Crippen LogP contribution in [0.2, 0.25) is 0 Å². The molecule has 5 unspecified atom stereocenters. The molecule has 0 spiro atoms. The Bertz CT molecular complexity index is 752. The molecular weight excluding hydrogens is 436 g/mol. The molecule has 9 atom stereocenters. The van der Waals surface area contributed by atoms with Crippen molar-refractivity contribution in [3.63, 3.8) is 0 Å². The van der Waals surface area contributed by atoms with Crippen molar-refractivity contribution in [2.75, 3.05) is 39.3 Å². The van der Waals surface area contributed by atoms with E-state index in [0.717, 1.165) is 81.6 Å². The summed E-state index contributed by atoms with van der Waals surface area (Å²) in [5.74, 6) is 5.10. The molecule has 0 aromatic carbocycles. The van der Waals surface area contributed by atoms with Crippen LogP contribution in [0.3, 0.4) is 0 Å². The fraction of sp³-hybridized carbons (Fsp3) is 0.967. The first-order chi connectivity index (χ1) is 16.8. The summed E-state index contributed by atoms with van der Waals surface area (Å²) in [6.45, 7) is 12.0. The van der Waals surface area contributed by atoms with Crippen molar-refractivity contribution in [2.24, 2.45) is 46.3 Å². The Hall–Kier alpha value is -0.650. The van der Waals surface area contributed by atoms with Crippen molar-refractivity contribution < 1.29 is 15.0 Å². The van der Waals surface area contributed by atoms with Crippen LogP contribution >= 0.6 is 0 Å².